The Morgan fingerprint density at radius 1 is 1.25 bits per heavy atom. The molecule has 0 fully saturated rings. The van der Waals surface area contributed by atoms with Gasteiger partial charge in [0.05, 0.1) is 10.2 Å². The van der Waals surface area contributed by atoms with Crippen molar-refractivity contribution in [2.45, 2.75) is 12.8 Å². The summed E-state index contributed by atoms with van der Waals surface area (Å²) in [6.45, 7) is 0. The van der Waals surface area contributed by atoms with Crippen LogP contribution in [-0.4, -0.2) is 20.7 Å². The molecule has 1 N–H and O–H groups in total. The number of hydrogen-bond donors (Lipinski definition) is 1. The first-order valence-electron chi connectivity index (χ1n) is 7.84. The molecule has 1 amide bonds. The molecule has 0 atom stereocenters. The van der Waals surface area contributed by atoms with Crippen molar-refractivity contribution in [2.75, 3.05) is 5.32 Å². The van der Waals surface area contributed by atoms with Gasteiger partial charge in [-0.3, -0.25) is 14.8 Å². The standard InChI is InChI=1S/C18H14N4OS/c1-22-8-7-13(21-22)17(23)20-18-19-16-12-4-2-3-10-5-6-11(15(10)12)9-14(16)24-18/h2-4,7-9H,5-6H2,1H3,(H,19,20,23). The van der Waals surface area contributed by atoms with Gasteiger partial charge in [0, 0.05) is 18.6 Å². The van der Waals surface area contributed by atoms with E-state index in [1.807, 2.05) is 0 Å². The molecule has 5 rings (SSSR count). The van der Waals surface area contributed by atoms with E-state index in [1.54, 1.807) is 24.0 Å². The minimum absolute atomic E-state index is 0.230. The van der Waals surface area contributed by atoms with Crippen LogP contribution >= 0.6 is 11.3 Å². The summed E-state index contributed by atoms with van der Waals surface area (Å²) in [7, 11) is 1.79. The first-order chi connectivity index (χ1) is 11.7. The smallest absolute Gasteiger partial charge is 0.277 e. The van der Waals surface area contributed by atoms with Crippen molar-refractivity contribution in [1.82, 2.24) is 14.8 Å². The van der Waals surface area contributed by atoms with Crippen LogP contribution in [0.4, 0.5) is 5.13 Å². The summed E-state index contributed by atoms with van der Waals surface area (Å²) in [5.41, 5.74) is 4.15. The number of benzene rings is 2. The molecular weight excluding hydrogens is 320 g/mol. The number of aryl methyl sites for hydroxylation is 3. The number of rotatable bonds is 2. The molecule has 2 heterocycles. The Morgan fingerprint density at radius 3 is 2.96 bits per heavy atom. The number of amides is 1. The zero-order chi connectivity index (χ0) is 16.3. The molecule has 0 bridgehead atoms. The van der Waals surface area contributed by atoms with Crippen molar-refractivity contribution in [2.24, 2.45) is 7.05 Å². The fraction of sp³-hybridized carbons (Fsp3) is 0.167. The molecule has 5 nitrogen and oxygen atoms in total. The lowest BCUT2D eigenvalue weighted by Gasteiger charge is -2.02. The van der Waals surface area contributed by atoms with Gasteiger partial charge in [-0.05, 0) is 41.5 Å². The van der Waals surface area contributed by atoms with Crippen LogP contribution in [0.1, 0.15) is 21.6 Å². The molecule has 4 aromatic rings. The van der Waals surface area contributed by atoms with Gasteiger partial charge in [0.2, 0.25) is 0 Å². The number of nitrogens with one attached hydrogen (secondary N) is 1. The number of anilines is 1. The average molecular weight is 334 g/mol. The maximum absolute atomic E-state index is 12.3. The van der Waals surface area contributed by atoms with Crippen LogP contribution < -0.4 is 5.32 Å². The summed E-state index contributed by atoms with van der Waals surface area (Å²) in [6.07, 6.45) is 3.94. The lowest BCUT2D eigenvalue weighted by atomic mass is 10.0. The molecule has 118 valence electrons. The van der Waals surface area contributed by atoms with Crippen molar-refractivity contribution < 1.29 is 4.79 Å². The van der Waals surface area contributed by atoms with E-state index in [9.17, 15) is 4.79 Å². The lowest BCUT2D eigenvalue weighted by Crippen LogP contribution is -2.12. The number of carbonyl (C=O) groups excluding carboxylic acids is 1. The lowest BCUT2D eigenvalue weighted by molar-refractivity contribution is 0.102. The fourth-order valence-electron chi connectivity index (χ4n) is 3.46. The SMILES string of the molecule is Cn1ccc(C(=O)Nc2nc3c(cc4c5c(cccc53)CC4)s2)n1. The zero-order valence-corrected chi connectivity index (χ0v) is 13.9. The molecule has 0 aliphatic heterocycles. The maximum Gasteiger partial charge on any atom is 0.277 e. The predicted molar refractivity (Wildman–Crippen MR) is 95.7 cm³/mol. The highest BCUT2D eigenvalue weighted by Gasteiger charge is 2.19. The van der Waals surface area contributed by atoms with Crippen molar-refractivity contribution >= 4 is 43.4 Å². The van der Waals surface area contributed by atoms with Crippen LogP contribution in [0, 0.1) is 0 Å². The van der Waals surface area contributed by atoms with Gasteiger partial charge >= 0.3 is 0 Å². The second-order valence-corrected chi connectivity index (χ2v) is 7.10. The molecular formula is C18H14N4OS. The minimum Gasteiger partial charge on any atom is -0.296 e. The van der Waals surface area contributed by atoms with E-state index in [0.29, 0.717) is 10.8 Å². The predicted octanol–water partition coefficient (Wildman–Crippen LogP) is 3.53. The van der Waals surface area contributed by atoms with Gasteiger partial charge in [0.15, 0.2) is 10.8 Å². The Hall–Kier alpha value is -2.73. The summed E-state index contributed by atoms with van der Waals surface area (Å²) in [6, 6.07) is 10.3. The van der Waals surface area contributed by atoms with E-state index in [0.717, 1.165) is 23.1 Å². The van der Waals surface area contributed by atoms with Crippen LogP contribution in [0.5, 0.6) is 0 Å². The number of aromatic nitrogens is 3. The second-order valence-electron chi connectivity index (χ2n) is 6.07. The maximum atomic E-state index is 12.3. The number of carbonyl (C=O) groups is 1. The van der Waals surface area contributed by atoms with E-state index in [1.165, 1.54) is 33.2 Å². The van der Waals surface area contributed by atoms with Gasteiger partial charge in [-0.15, -0.1) is 0 Å². The van der Waals surface area contributed by atoms with Crippen molar-refractivity contribution in [3.63, 3.8) is 0 Å². The molecule has 2 aromatic heterocycles. The summed E-state index contributed by atoms with van der Waals surface area (Å²) < 4.78 is 2.73. The third-order valence-electron chi connectivity index (χ3n) is 4.52. The van der Waals surface area contributed by atoms with E-state index in [2.05, 4.69) is 39.7 Å². The molecule has 0 saturated heterocycles. The topological polar surface area (TPSA) is 59.8 Å². The summed E-state index contributed by atoms with van der Waals surface area (Å²) >= 11 is 1.52. The van der Waals surface area contributed by atoms with Gasteiger partial charge in [-0.2, -0.15) is 5.10 Å². The average Bonchev–Trinajstić information content (AvgIpc) is 3.27. The van der Waals surface area contributed by atoms with Crippen LogP contribution in [0.25, 0.3) is 21.0 Å². The highest BCUT2D eigenvalue weighted by atomic mass is 32.1. The van der Waals surface area contributed by atoms with Crippen molar-refractivity contribution in [3.8, 4) is 0 Å². The quantitative estimate of drug-likeness (QED) is 0.610. The Morgan fingerprint density at radius 2 is 2.12 bits per heavy atom. The van der Waals surface area contributed by atoms with Gasteiger partial charge in [0.1, 0.15) is 0 Å². The molecule has 0 spiro atoms. The van der Waals surface area contributed by atoms with E-state index in [-0.39, 0.29) is 5.91 Å². The Kier molecular flexibility index (Phi) is 2.78. The van der Waals surface area contributed by atoms with Gasteiger partial charge in [0.25, 0.3) is 5.91 Å². The van der Waals surface area contributed by atoms with E-state index >= 15 is 0 Å². The van der Waals surface area contributed by atoms with Crippen LogP contribution in [0.3, 0.4) is 0 Å². The first kappa shape index (κ1) is 13.7. The van der Waals surface area contributed by atoms with Crippen molar-refractivity contribution in [1.29, 1.82) is 0 Å². The molecule has 1 aliphatic rings. The normalized spacial score (nSPS) is 13.0. The Labute approximate surface area is 141 Å². The molecule has 1 aliphatic carbocycles. The van der Waals surface area contributed by atoms with Crippen LogP contribution in [-0.2, 0) is 19.9 Å². The fourth-order valence-corrected chi connectivity index (χ4v) is 4.40. The van der Waals surface area contributed by atoms with Crippen molar-refractivity contribution in [3.05, 3.63) is 53.3 Å². The summed E-state index contributed by atoms with van der Waals surface area (Å²) in [4.78, 5) is 17.0. The Balaban J connectivity index is 1.60. The van der Waals surface area contributed by atoms with Crippen LogP contribution in [0.15, 0.2) is 36.5 Å². The Bertz CT molecular complexity index is 1120. The molecule has 0 saturated carbocycles. The number of thiazole rings is 1. The van der Waals surface area contributed by atoms with Crippen LogP contribution in [0.2, 0.25) is 0 Å². The van der Waals surface area contributed by atoms with Gasteiger partial charge < -0.3 is 0 Å². The largest absolute Gasteiger partial charge is 0.296 e. The molecule has 0 unspecified atom stereocenters. The molecule has 0 radical (unpaired) electrons. The first-order valence-corrected chi connectivity index (χ1v) is 8.66. The highest BCUT2D eigenvalue weighted by molar-refractivity contribution is 7.22. The molecule has 24 heavy (non-hydrogen) atoms. The van der Waals surface area contributed by atoms with E-state index < -0.39 is 0 Å². The molecule has 6 heteroatoms. The minimum atomic E-state index is -0.230. The third kappa shape index (κ3) is 1.96. The summed E-state index contributed by atoms with van der Waals surface area (Å²) in [5, 5.41) is 10.1. The third-order valence-corrected chi connectivity index (χ3v) is 5.43. The number of fused-ring (bicyclic) bond motifs is 2. The van der Waals surface area contributed by atoms with Gasteiger partial charge in [-0.1, -0.05) is 29.5 Å². The molecule has 2 aromatic carbocycles. The second kappa shape index (κ2) is 4.88. The van der Waals surface area contributed by atoms with Gasteiger partial charge in [-0.25, -0.2) is 4.98 Å². The summed E-state index contributed by atoms with van der Waals surface area (Å²) in [5.74, 6) is -0.230. The monoisotopic (exact) mass is 334 g/mol. The number of nitrogens with zero attached hydrogens (tertiary/aromatic N) is 3. The van der Waals surface area contributed by atoms with E-state index in [4.69, 9.17) is 0 Å². The zero-order valence-electron chi connectivity index (χ0n) is 13.0. The number of hydrogen-bond acceptors (Lipinski definition) is 4. The highest BCUT2D eigenvalue weighted by Crippen LogP contribution is 2.39.